The number of aromatic nitrogens is 4. The van der Waals surface area contributed by atoms with Crippen molar-refractivity contribution in [2.45, 2.75) is 58.8 Å². The summed E-state index contributed by atoms with van der Waals surface area (Å²) in [6.45, 7) is 15.0. The molecule has 14 nitrogen and oxygen atoms in total. The monoisotopic (exact) mass is 739 g/mol. The number of piperazine rings is 1. The summed E-state index contributed by atoms with van der Waals surface area (Å²) in [6, 6.07) is 6.18. The molecule has 1 aliphatic carbocycles. The molecule has 4 aliphatic rings. The van der Waals surface area contributed by atoms with Crippen molar-refractivity contribution >= 4 is 50.5 Å². The number of carbonyl (C=O) groups is 2. The smallest absolute Gasteiger partial charge is 0.293 e. The number of hydrogen-bond acceptors (Lipinski definition) is 11. The van der Waals surface area contributed by atoms with Gasteiger partial charge in [-0.3, -0.25) is 24.2 Å². The van der Waals surface area contributed by atoms with E-state index in [-0.39, 0.29) is 41.3 Å². The maximum atomic E-state index is 13.9. The Kier molecular flexibility index (Phi) is 9.00. The zero-order valence-electron chi connectivity index (χ0n) is 30.5. The van der Waals surface area contributed by atoms with Gasteiger partial charge in [-0.15, -0.1) is 0 Å². The molecule has 4 aromatic rings. The summed E-state index contributed by atoms with van der Waals surface area (Å²) in [5.41, 5.74) is 4.98. The highest BCUT2D eigenvalue weighted by molar-refractivity contribution is 7.20. The van der Waals surface area contributed by atoms with E-state index >= 15 is 0 Å². The molecule has 15 heteroatoms. The predicted molar refractivity (Wildman–Crippen MR) is 205 cm³/mol. The van der Waals surface area contributed by atoms with E-state index in [2.05, 4.69) is 57.3 Å². The molecular weight excluding hydrogens is 695 g/mol. The van der Waals surface area contributed by atoms with E-state index in [0.717, 1.165) is 50.7 Å². The van der Waals surface area contributed by atoms with Crippen LogP contribution >= 0.6 is 11.3 Å². The molecule has 0 spiro atoms. The fourth-order valence-electron chi connectivity index (χ4n) is 8.14. The number of fused-ring (bicyclic) bond motifs is 3. The third kappa shape index (κ3) is 6.34. The molecule has 7 heterocycles. The van der Waals surface area contributed by atoms with Gasteiger partial charge in [-0.1, -0.05) is 31.8 Å². The summed E-state index contributed by atoms with van der Waals surface area (Å²) < 4.78 is 9.00. The number of thiophene rings is 1. The number of rotatable bonds is 9. The van der Waals surface area contributed by atoms with Crippen LogP contribution in [0.4, 0.5) is 27.3 Å². The highest BCUT2D eigenvalue weighted by Crippen LogP contribution is 2.43. The maximum absolute atomic E-state index is 13.9. The average Bonchev–Trinajstić information content (AvgIpc) is 3.75. The van der Waals surface area contributed by atoms with Gasteiger partial charge in [-0.05, 0) is 55.0 Å². The number of aliphatic hydroxyl groups is 1. The maximum Gasteiger partial charge on any atom is 0.293 e. The molecule has 0 aromatic carbocycles. The number of ether oxygens (including phenoxy) is 1. The van der Waals surface area contributed by atoms with Crippen molar-refractivity contribution in [3.63, 3.8) is 0 Å². The number of amides is 2. The van der Waals surface area contributed by atoms with Crippen LogP contribution in [-0.2, 0) is 42.6 Å². The van der Waals surface area contributed by atoms with Crippen molar-refractivity contribution in [2.75, 3.05) is 59.8 Å². The summed E-state index contributed by atoms with van der Waals surface area (Å²) in [4.78, 5) is 55.7. The van der Waals surface area contributed by atoms with Gasteiger partial charge < -0.3 is 34.5 Å². The minimum absolute atomic E-state index is 0.0776. The minimum Gasteiger partial charge on any atom is -0.392 e. The molecule has 4 aromatic heterocycles. The number of aryl methyl sites for hydroxylation is 1. The van der Waals surface area contributed by atoms with Gasteiger partial charge in [0.2, 0.25) is 5.91 Å². The molecule has 3 N–H and O–H groups in total. The van der Waals surface area contributed by atoms with Gasteiger partial charge in [-0.25, -0.2) is 9.97 Å². The third-order valence-corrected chi connectivity index (χ3v) is 12.0. The Bertz CT molecular complexity index is 2180. The molecule has 1 unspecified atom stereocenters. The van der Waals surface area contributed by atoms with Crippen molar-refractivity contribution < 1.29 is 19.4 Å². The Morgan fingerprint density at radius 2 is 1.98 bits per heavy atom. The quantitative estimate of drug-likeness (QED) is 0.217. The Labute approximate surface area is 311 Å². The SMILES string of the molecule is C=CC(=O)Nc1cc(Nc2nc(-c3ccnc(N4CCn5c(cc6c5CC(C)(C)C6)C4=O)c3CO)cn(C)c2=O)sc1N1CCN(C2COC2)CC1C. The highest BCUT2D eigenvalue weighted by Gasteiger charge is 2.38. The summed E-state index contributed by atoms with van der Waals surface area (Å²) in [6.07, 6.45) is 6.32. The average molecular weight is 740 g/mol. The molecule has 0 bridgehead atoms. The number of aliphatic hydroxyl groups excluding tert-OH is 1. The largest absolute Gasteiger partial charge is 0.392 e. The fourth-order valence-corrected chi connectivity index (χ4v) is 9.28. The van der Waals surface area contributed by atoms with Crippen LogP contribution in [0.15, 0.2) is 48.0 Å². The van der Waals surface area contributed by atoms with Gasteiger partial charge >= 0.3 is 0 Å². The second kappa shape index (κ2) is 13.5. The minimum atomic E-state index is -0.388. The second-order valence-electron chi connectivity index (χ2n) is 15.2. The molecule has 2 saturated heterocycles. The topological polar surface area (TPSA) is 150 Å². The van der Waals surface area contributed by atoms with E-state index in [0.29, 0.717) is 58.2 Å². The van der Waals surface area contributed by atoms with Gasteiger partial charge in [-0.2, -0.15) is 0 Å². The van der Waals surface area contributed by atoms with Crippen LogP contribution in [0.5, 0.6) is 0 Å². The van der Waals surface area contributed by atoms with Crippen LogP contribution in [0.25, 0.3) is 11.3 Å². The first-order valence-electron chi connectivity index (χ1n) is 18.1. The molecule has 278 valence electrons. The number of anilines is 5. The van der Waals surface area contributed by atoms with E-state index in [1.807, 2.05) is 12.1 Å². The van der Waals surface area contributed by atoms with Crippen molar-refractivity contribution in [2.24, 2.45) is 12.5 Å². The van der Waals surface area contributed by atoms with Crippen LogP contribution in [0.1, 0.15) is 48.1 Å². The lowest BCUT2D eigenvalue weighted by Crippen LogP contribution is -2.59. The number of pyridine rings is 1. The van der Waals surface area contributed by atoms with Crippen molar-refractivity contribution in [1.82, 2.24) is 24.0 Å². The number of carbonyl (C=O) groups excluding carboxylic acids is 2. The zero-order chi connectivity index (χ0) is 37.2. The number of nitrogens with zero attached hydrogens (tertiary/aromatic N) is 7. The van der Waals surface area contributed by atoms with E-state index in [1.54, 1.807) is 30.4 Å². The molecule has 53 heavy (non-hydrogen) atoms. The van der Waals surface area contributed by atoms with E-state index in [1.165, 1.54) is 33.2 Å². The summed E-state index contributed by atoms with van der Waals surface area (Å²) in [5, 5.41) is 18.4. The molecule has 2 fully saturated rings. The van der Waals surface area contributed by atoms with Crippen LogP contribution in [0.3, 0.4) is 0 Å². The Balaban J connectivity index is 1.09. The standard InChI is InChI=1S/C38H45N9O5S/c1-6-31(49)40-27-14-32(53-37(27)45-10-9-44(17-22(45)2)24-20-52-21-24)42-33-36(51)43(5)18-28(41-33)25-7-8-39-34(26(25)19-48)47-12-11-46-29(35(47)50)13-23-15-38(3,4)16-30(23)46/h6-8,13-14,18,22,24,48H,1,9-12,15-17,19-21H2,2-5H3,(H,40,49)(H,41,42). The Hall–Kier alpha value is -4.83. The fraction of sp³-hybridized carbons (Fsp3) is 0.447. The third-order valence-electron chi connectivity index (χ3n) is 10.9. The first kappa shape index (κ1) is 35.2. The zero-order valence-corrected chi connectivity index (χ0v) is 31.3. The molecular formula is C38H45N9O5S. The van der Waals surface area contributed by atoms with Crippen LogP contribution in [0, 0.1) is 5.41 Å². The van der Waals surface area contributed by atoms with Crippen molar-refractivity contribution in [3.8, 4) is 11.3 Å². The number of hydrogen-bond donors (Lipinski definition) is 3. The van der Waals surface area contributed by atoms with Gasteiger partial charge in [0, 0.05) is 75.0 Å². The first-order chi connectivity index (χ1) is 25.4. The lowest BCUT2D eigenvalue weighted by atomic mass is 9.90. The second-order valence-corrected chi connectivity index (χ2v) is 16.2. The van der Waals surface area contributed by atoms with Crippen LogP contribution in [-0.4, -0.2) is 92.4 Å². The molecule has 2 amide bonds. The Morgan fingerprint density at radius 3 is 2.70 bits per heavy atom. The first-order valence-corrected chi connectivity index (χ1v) is 18.9. The summed E-state index contributed by atoms with van der Waals surface area (Å²) in [7, 11) is 1.64. The summed E-state index contributed by atoms with van der Waals surface area (Å²) >= 11 is 1.43. The van der Waals surface area contributed by atoms with Crippen molar-refractivity contribution in [3.05, 3.63) is 76.1 Å². The van der Waals surface area contributed by atoms with Gasteiger partial charge in [0.1, 0.15) is 16.5 Å². The normalized spacial score (nSPS) is 19.9. The van der Waals surface area contributed by atoms with Crippen LogP contribution in [0.2, 0.25) is 0 Å². The highest BCUT2D eigenvalue weighted by atomic mass is 32.1. The Morgan fingerprint density at radius 1 is 1.17 bits per heavy atom. The molecule has 0 radical (unpaired) electrons. The lowest BCUT2D eigenvalue weighted by Gasteiger charge is -2.46. The van der Waals surface area contributed by atoms with Gasteiger partial charge in [0.05, 0.1) is 42.2 Å². The summed E-state index contributed by atoms with van der Waals surface area (Å²) in [5.74, 6) is -0.0336. The predicted octanol–water partition coefficient (Wildman–Crippen LogP) is 3.76. The number of nitrogens with one attached hydrogen (secondary N) is 2. The molecule has 0 saturated carbocycles. The molecule has 3 aliphatic heterocycles. The van der Waals surface area contributed by atoms with Gasteiger partial charge in [0.25, 0.3) is 11.5 Å². The van der Waals surface area contributed by atoms with Crippen LogP contribution < -0.4 is 26.0 Å². The van der Waals surface area contributed by atoms with Gasteiger partial charge in [0.15, 0.2) is 5.82 Å². The molecule has 1 atom stereocenters. The van der Waals surface area contributed by atoms with E-state index in [9.17, 15) is 19.5 Å². The molecule has 8 rings (SSSR count). The lowest BCUT2D eigenvalue weighted by molar-refractivity contribution is -0.111. The van der Waals surface area contributed by atoms with E-state index in [4.69, 9.17) is 9.72 Å². The van der Waals surface area contributed by atoms with E-state index < -0.39 is 0 Å². The van der Waals surface area contributed by atoms with Crippen molar-refractivity contribution in [1.29, 1.82) is 0 Å².